The number of hydrogen-bond acceptors (Lipinski definition) is 4. The van der Waals surface area contributed by atoms with Crippen LogP contribution in [0.2, 0.25) is 0 Å². The second-order valence-electron chi connectivity index (χ2n) is 4.25. The van der Waals surface area contributed by atoms with Crippen LogP contribution in [-0.2, 0) is 14.3 Å². The van der Waals surface area contributed by atoms with Crippen molar-refractivity contribution in [2.45, 2.75) is 38.8 Å². The first kappa shape index (κ1) is 14.4. The van der Waals surface area contributed by atoms with Gasteiger partial charge in [-0.15, -0.1) is 0 Å². The van der Waals surface area contributed by atoms with Crippen LogP contribution in [0.3, 0.4) is 0 Å². The van der Waals surface area contributed by atoms with Gasteiger partial charge in [0.1, 0.15) is 6.10 Å². The molecule has 2 N–H and O–H groups in total. The molecule has 0 aromatic heterocycles. The maximum Gasteiger partial charge on any atom is 0.248 e. The first-order valence-corrected chi connectivity index (χ1v) is 6.44. The maximum absolute atomic E-state index is 11.7. The molecule has 0 aromatic rings. The van der Waals surface area contributed by atoms with E-state index >= 15 is 0 Å². The lowest BCUT2D eigenvalue weighted by atomic mass is 10.2. The molecule has 5 nitrogen and oxygen atoms in total. The Morgan fingerprint density at radius 1 is 1.53 bits per heavy atom. The van der Waals surface area contributed by atoms with Crippen molar-refractivity contribution >= 4 is 5.91 Å². The fourth-order valence-electron chi connectivity index (χ4n) is 1.80. The molecule has 0 radical (unpaired) electrons. The summed E-state index contributed by atoms with van der Waals surface area (Å²) in [7, 11) is 0. The maximum atomic E-state index is 11.7. The molecule has 5 heteroatoms. The summed E-state index contributed by atoms with van der Waals surface area (Å²) >= 11 is 0. The van der Waals surface area contributed by atoms with Crippen LogP contribution >= 0.6 is 0 Å². The van der Waals surface area contributed by atoms with Crippen molar-refractivity contribution in [1.29, 1.82) is 0 Å². The van der Waals surface area contributed by atoms with Crippen LogP contribution in [0.15, 0.2) is 0 Å². The summed E-state index contributed by atoms with van der Waals surface area (Å²) < 4.78 is 10.5. The van der Waals surface area contributed by atoms with Gasteiger partial charge in [-0.3, -0.25) is 4.79 Å². The number of amides is 1. The summed E-state index contributed by atoms with van der Waals surface area (Å²) in [6.45, 7) is 7.13. The van der Waals surface area contributed by atoms with Crippen molar-refractivity contribution in [3.05, 3.63) is 0 Å². The lowest BCUT2D eigenvalue weighted by molar-refractivity contribution is -0.132. The Hall–Kier alpha value is -0.650. The van der Waals surface area contributed by atoms with Crippen molar-refractivity contribution in [2.75, 3.05) is 32.9 Å². The molecule has 2 unspecified atom stereocenters. The van der Waals surface area contributed by atoms with Gasteiger partial charge in [0.05, 0.1) is 13.2 Å². The molecule has 1 saturated heterocycles. The van der Waals surface area contributed by atoms with Gasteiger partial charge in [0, 0.05) is 19.2 Å². The molecule has 1 fully saturated rings. The largest absolute Gasteiger partial charge is 0.379 e. The van der Waals surface area contributed by atoms with Crippen molar-refractivity contribution in [3.8, 4) is 0 Å². The Bertz CT molecular complexity index is 218. The van der Waals surface area contributed by atoms with Crippen LogP contribution in [0.5, 0.6) is 0 Å². The fourth-order valence-corrected chi connectivity index (χ4v) is 1.80. The normalized spacial score (nSPS) is 21.4. The van der Waals surface area contributed by atoms with Crippen LogP contribution < -0.4 is 10.6 Å². The van der Waals surface area contributed by atoms with E-state index in [2.05, 4.69) is 10.6 Å². The number of ether oxygens (including phenoxy) is 2. The average Bonchev–Trinajstić information content (AvgIpc) is 2.84. The summed E-state index contributed by atoms with van der Waals surface area (Å²) in [5, 5.41) is 6.23. The monoisotopic (exact) mass is 244 g/mol. The van der Waals surface area contributed by atoms with Crippen LogP contribution in [0.25, 0.3) is 0 Å². The Balaban J connectivity index is 2.04. The summed E-state index contributed by atoms with van der Waals surface area (Å²) in [5.74, 6) is -0.0461. The summed E-state index contributed by atoms with van der Waals surface area (Å²) in [6, 6.07) is 0.426. The van der Waals surface area contributed by atoms with Crippen molar-refractivity contribution in [3.63, 3.8) is 0 Å². The predicted octanol–water partition coefficient (Wildman–Crippen LogP) is 0.296. The molecule has 1 rings (SSSR count). The van der Waals surface area contributed by atoms with Crippen molar-refractivity contribution < 1.29 is 14.3 Å². The third kappa shape index (κ3) is 6.00. The highest BCUT2D eigenvalue weighted by atomic mass is 16.5. The van der Waals surface area contributed by atoms with E-state index in [1.807, 2.05) is 6.92 Å². The van der Waals surface area contributed by atoms with E-state index in [9.17, 15) is 4.79 Å². The molecule has 0 aromatic carbocycles. The zero-order valence-corrected chi connectivity index (χ0v) is 10.8. The minimum Gasteiger partial charge on any atom is -0.379 e. The van der Waals surface area contributed by atoms with E-state index in [4.69, 9.17) is 9.47 Å². The second kappa shape index (κ2) is 8.44. The summed E-state index contributed by atoms with van der Waals surface area (Å²) in [6.07, 6.45) is 1.93. The van der Waals surface area contributed by atoms with Gasteiger partial charge in [-0.25, -0.2) is 0 Å². The number of rotatable bonds is 8. The van der Waals surface area contributed by atoms with Gasteiger partial charge in [0.25, 0.3) is 0 Å². The SMILES string of the molecule is CCOCCOC(C)C(=O)NCC1CCCN1. The topological polar surface area (TPSA) is 59.6 Å². The van der Waals surface area contributed by atoms with E-state index < -0.39 is 6.10 Å². The molecule has 0 spiro atoms. The Kier molecular flexibility index (Phi) is 7.16. The van der Waals surface area contributed by atoms with Gasteiger partial charge in [0.2, 0.25) is 5.91 Å². The first-order valence-electron chi connectivity index (χ1n) is 6.44. The molecule has 1 heterocycles. The fraction of sp³-hybridized carbons (Fsp3) is 0.917. The highest BCUT2D eigenvalue weighted by Gasteiger charge is 2.17. The molecule has 0 saturated carbocycles. The summed E-state index contributed by atoms with van der Waals surface area (Å²) in [5.41, 5.74) is 0. The van der Waals surface area contributed by atoms with Crippen LogP contribution in [0.4, 0.5) is 0 Å². The molecule has 1 aliphatic heterocycles. The standard InChI is InChI=1S/C12H24N2O3/c1-3-16-7-8-17-10(2)12(15)14-9-11-5-4-6-13-11/h10-11,13H,3-9H2,1-2H3,(H,14,15). The van der Waals surface area contributed by atoms with E-state index in [-0.39, 0.29) is 5.91 Å². The molecular weight excluding hydrogens is 220 g/mol. The van der Waals surface area contributed by atoms with Gasteiger partial charge in [-0.05, 0) is 33.2 Å². The molecular formula is C12H24N2O3. The minimum absolute atomic E-state index is 0.0461. The molecule has 100 valence electrons. The lowest BCUT2D eigenvalue weighted by Gasteiger charge is -2.16. The molecule has 0 bridgehead atoms. The van der Waals surface area contributed by atoms with Gasteiger partial charge in [-0.2, -0.15) is 0 Å². The van der Waals surface area contributed by atoms with Crippen molar-refractivity contribution in [1.82, 2.24) is 10.6 Å². The smallest absolute Gasteiger partial charge is 0.248 e. The lowest BCUT2D eigenvalue weighted by Crippen LogP contribution is -2.42. The average molecular weight is 244 g/mol. The number of carbonyl (C=O) groups is 1. The zero-order valence-electron chi connectivity index (χ0n) is 10.8. The van der Waals surface area contributed by atoms with Gasteiger partial charge >= 0.3 is 0 Å². The third-order valence-electron chi connectivity index (χ3n) is 2.85. The van der Waals surface area contributed by atoms with Crippen LogP contribution in [0, 0.1) is 0 Å². The Morgan fingerprint density at radius 2 is 2.35 bits per heavy atom. The molecule has 0 aliphatic carbocycles. The van der Waals surface area contributed by atoms with Gasteiger partial charge in [0.15, 0.2) is 0 Å². The molecule has 1 aliphatic rings. The van der Waals surface area contributed by atoms with E-state index in [0.717, 1.165) is 13.0 Å². The van der Waals surface area contributed by atoms with E-state index in [1.165, 1.54) is 6.42 Å². The quantitative estimate of drug-likeness (QED) is 0.603. The minimum atomic E-state index is -0.406. The van der Waals surface area contributed by atoms with Crippen LogP contribution in [0.1, 0.15) is 26.7 Å². The number of carbonyl (C=O) groups excluding carboxylic acids is 1. The van der Waals surface area contributed by atoms with Gasteiger partial charge in [-0.1, -0.05) is 0 Å². The molecule has 2 atom stereocenters. The van der Waals surface area contributed by atoms with E-state index in [0.29, 0.717) is 32.4 Å². The number of hydrogen-bond donors (Lipinski definition) is 2. The number of nitrogens with one attached hydrogen (secondary N) is 2. The highest BCUT2D eigenvalue weighted by Crippen LogP contribution is 2.03. The summed E-state index contributed by atoms with van der Waals surface area (Å²) in [4.78, 5) is 11.7. The first-order chi connectivity index (χ1) is 8.24. The van der Waals surface area contributed by atoms with E-state index in [1.54, 1.807) is 6.92 Å². The Labute approximate surface area is 103 Å². The van der Waals surface area contributed by atoms with Crippen molar-refractivity contribution in [2.24, 2.45) is 0 Å². The van der Waals surface area contributed by atoms with Crippen LogP contribution in [-0.4, -0.2) is 51.0 Å². The molecule has 1 amide bonds. The predicted molar refractivity (Wildman–Crippen MR) is 65.9 cm³/mol. The molecule has 17 heavy (non-hydrogen) atoms. The van der Waals surface area contributed by atoms with Gasteiger partial charge < -0.3 is 20.1 Å². The zero-order chi connectivity index (χ0) is 12.5. The second-order valence-corrected chi connectivity index (χ2v) is 4.25. The Morgan fingerprint density at radius 3 is 3.00 bits per heavy atom. The third-order valence-corrected chi connectivity index (χ3v) is 2.85. The highest BCUT2D eigenvalue weighted by molar-refractivity contribution is 5.80.